The predicted molar refractivity (Wildman–Crippen MR) is 136 cm³/mol. The maximum absolute atomic E-state index is 6.09. The van der Waals surface area contributed by atoms with E-state index in [0.29, 0.717) is 0 Å². The lowest BCUT2D eigenvalue weighted by molar-refractivity contribution is 0.372. The van der Waals surface area contributed by atoms with Crippen molar-refractivity contribution >= 4 is 27.6 Å². The lowest BCUT2D eigenvalue weighted by atomic mass is 10.1. The topological polar surface area (TPSA) is 79.9 Å². The maximum atomic E-state index is 6.09. The van der Waals surface area contributed by atoms with Crippen LogP contribution in [0.15, 0.2) is 91.1 Å². The molecule has 3 aromatic carbocycles. The van der Waals surface area contributed by atoms with Gasteiger partial charge in [-0.25, -0.2) is 0 Å². The molecule has 2 aromatic heterocycles. The van der Waals surface area contributed by atoms with Gasteiger partial charge in [-0.3, -0.25) is 10.3 Å². The summed E-state index contributed by atoms with van der Waals surface area (Å²) in [5, 5.41) is 11.5. The van der Waals surface area contributed by atoms with Gasteiger partial charge < -0.3 is 20.9 Å². The van der Waals surface area contributed by atoms with Gasteiger partial charge in [0.1, 0.15) is 0 Å². The molecular weight excluding hydrogens is 408 g/mol. The first kappa shape index (κ1) is 21.2. The van der Waals surface area contributed by atoms with Gasteiger partial charge in [0.15, 0.2) is 0 Å². The molecule has 6 nitrogen and oxygen atoms in total. The van der Waals surface area contributed by atoms with Gasteiger partial charge in [0.25, 0.3) is 0 Å². The van der Waals surface area contributed by atoms with Crippen LogP contribution in [0.4, 0.5) is 5.69 Å². The number of pyridine rings is 1. The van der Waals surface area contributed by atoms with Gasteiger partial charge in [0, 0.05) is 23.0 Å². The molecule has 0 radical (unpaired) electrons. The summed E-state index contributed by atoms with van der Waals surface area (Å²) in [5.41, 5.74) is 13.3. The first-order chi connectivity index (χ1) is 16.2. The average Bonchev–Trinajstić information content (AvgIpc) is 3.19. The molecule has 0 fully saturated rings. The highest BCUT2D eigenvalue weighted by Crippen LogP contribution is 2.32. The fourth-order valence-corrected chi connectivity index (χ4v) is 4.48. The van der Waals surface area contributed by atoms with Crippen LogP contribution in [-0.2, 0) is 0 Å². The summed E-state index contributed by atoms with van der Waals surface area (Å²) in [6, 6.07) is 29.0. The first-order valence-electron chi connectivity index (χ1n) is 11.1. The number of nitrogens with two attached hydrogens (primary N) is 1. The summed E-state index contributed by atoms with van der Waals surface area (Å²) in [7, 11) is 3.93. The van der Waals surface area contributed by atoms with E-state index in [9.17, 15) is 0 Å². The summed E-state index contributed by atoms with van der Waals surface area (Å²) in [6.07, 6.45) is 1.78. The van der Waals surface area contributed by atoms with Crippen molar-refractivity contribution in [1.82, 2.24) is 25.5 Å². The molecule has 0 aliphatic rings. The van der Waals surface area contributed by atoms with E-state index in [1.54, 1.807) is 0 Å². The SMILES string of the molecule is CNC(NC(NC)c1cccc(-n2c3ccc(N)cc3c3ncccc32)c1)c1ccccc1. The van der Waals surface area contributed by atoms with Gasteiger partial charge in [-0.1, -0.05) is 42.5 Å². The maximum Gasteiger partial charge on any atom is 0.0964 e. The Morgan fingerprint density at radius 1 is 0.758 bits per heavy atom. The smallest absolute Gasteiger partial charge is 0.0964 e. The van der Waals surface area contributed by atoms with Gasteiger partial charge >= 0.3 is 0 Å². The third kappa shape index (κ3) is 3.96. The van der Waals surface area contributed by atoms with Crippen LogP contribution in [0.2, 0.25) is 0 Å². The van der Waals surface area contributed by atoms with Crippen LogP contribution in [0.25, 0.3) is 27.6 Å². The molecule has 2 atom stereocenters. The van der Waals surface area contributed by atoms with E-state index in [1.807, 2.05) is 44.6 Å². The van der Waals surface area contributed by atoms with E-state index in [-0.39, 0.29) is 12.3 Å². The zero-order valence-corrected chi connectivity index (χ0v) is 18.8. The summed E-state index contributed by atoms with van der Waals surface area (Å²) < 4.78 is 2.25. The highest BCUT2D eigenvalue weighted by atomic mass is 15.2. The van der Waals surface area contributed by atoms with Crippen molar-refractivity contribution in [2.75, 3.05) is 19.8 Å². The minimum Gasteiger partial charge on any atom is -0.399 e. The summed E-state index contributed by atoms with van der Waals surface area (Å²) in [5.74, 6) is 0. The molecule has 5 aromatic rings. The van der Waals surface area contributed by atoms with Gasteiger partial charge in [-0.2, -0.15) is 0 Å². The fraction of sp³-hybridized carbons (Fsp3) is 0.148. The lowest BCUT2D eigenvalue weighted by Gasteiger charge is -2.26. The van der Waals surface area contributed by atoms with Crippen LogP contribution >= 0.6 is 0 Å². The Balaban J connectivity index is 1.57. The number of hydrogen-bond acceptors (Lipinski definition) is 5. The molecule has 0 saturated carbocycles. The van der Waals surface area contributed by atoms with Crippen LogP contribution in [-0.4, -0.2) is 23.6 Å². The third-order valence-corrected chi connectivity index (χ3v) is 6.05. The molecule has 33 heavy (non-hydrogen) atoms. The summed E-state index contributed by atoms with van der Waals surface area (Å²) >= 11 is 0. The zero-order chi connectivity index (χ0) is 22.8. The third-order valence-electron chi connectivity index (χ3n) is 6.05. The Labute approximate surface area is 193 Å². The van der Waals surface area contributed by atoms with E-state index in [0.717, 1.165) is 38.9 Å². The Kier molecular flexibility index (Phi) is 5.79. The van der Waals surface area contributed by atoms with Crippen molar-refractivity contribution in [2.45, 2.75) is 12.3 Å². The lowest BCUT2D eigenvalue weighted by Crippen LogP contribution is -2.40. The Morgan fingerprint density at radius 2 is 1.52 bits per heavy atom. The molecular formula is C27H28N6. The molecule has 0 saturated heterocycles. The number of rotatable bonds is 7. The zero-order valence-electron chi connectivity index (χ0n) is 18.8. The van der Waals surface area contributed by atoms with Gasteiger partial charge in [-0.05, 0) is 67.7 Å². The molecule has 5 N–H and O–H groups in total. The quantitative estimate of drug-likeness (QED) is 0.223. The molecule has 0 aliphatic carbocycles. The number of fused-ring (bicyclic) bond motifs is 3. The van der Waals surface area contributed by atoms with E-state index in [4.69, 9.17) is 5.73 Å². The molecule has 2 unspecified atom stereocenters. The summed E-state index contributed by atoms with van der Waals surface area (Å²) in [6.45, 7) is 0. The van der Waals surface area contributed by atoms with Crippen LogP contribution < -0.4 is 21.7 Å². The number of nitrogen functional groups attached to an aromatic ring is 1. The highest BCUT2D eigenvalue weighted by Gasteiger charge is 2.18. The Morgan fingerprint density at radius 3 is 2.30 bits per heavy atom. The Hall–Kier alpha value is -3.71. The van der Waals surface area contributed by atoms with Crippen molar-refractivity contribution in [3.05, 3.63) is 102 Å². The van der Waals surface area contributed by atoms with E-state index < -0.39 is 0 Å². The second kappa shape index (κ2) is 9.03. The number of nitrogens with zero attached hydrogens (tertiary/aromatic N) is 2. The second-order valence-corrected chi connectivity index (χ2v) is 8.10. The normalized spacial score (nSPS) is 13.4. The molecule has 166 valence electrons. The monoisotopic (exact) mass is 436 g/mol. The molecule has 2 heterocycles. The Bertz CT molecular complexity index is 1390. The minimum atomic E-state index is -0.0514. The molecule has 6 heteroatoms. The largest absolute Gasteiger partial charge is 0.399 e. The summed E-state index contributed by atoms with van der Waals surface area (Å²) in [4.78, 5) is 4.65. The van der Waals surface area contributed by atoms with E-state index in [2.05, 4.69) is 86.2 Å². The van der Waals surface area contributed by atoms with Crippen LogP contribution in [0, 0.1) is 0 Å². The number of nitrogens with one attached hydrogen (secondary N) is 3. The predicted octanol–water partition coefficient (Wildman–Crippen LogP) is 4.49. The van der Waals surface area contributed by atoms with Crippen molar-refractivity contribution in [3.63, 3.8) is 0 Å². The number of benzene rings is 3. The van der Waals surface area contributed by atoms with Crippen LogP contribution in [0.5, 0.6) is 0 Å². The van der Waals surface area contributed by atoms with E-state index in [1.165, 1.54) is 5.56 Å². The van der Waals surface area contributed by atoms with Crippen molar-refractivity contribution in [3.8, 4) is 5.69 Å². The van der Waals surface area contributed by atoms with Crippen molar-refractivity contribution in [2.24, 2.45) is 0 Å². The second-order valence-electron chi connectivity index (χ2n) is 8.10. The molecule has 0 spiro atoms. The number of hydrogen-bond donors (Lipinski definition) is 4. The van der Waals surface area contributed by atoms with Gasteiger partial charge in [0.05, 0.1) is 28.9 Å². The fourth-order valence-electron chi connectivity index (χ4n) is 4.48. The van der Waals surface area contributed by atoms with Gasteiger partial charge in [-0.15, -0.1) is 0 Å². The van der Waals surface area contributed by atoms with E-state index >= 15 is 0 Å². The molecule has 0 bridgehead atoms. The van der Waals surface area contributed by atoms with Crippen LogP contribution in [0.3, 0.4) is 0 Å². The minimum absolute atomic E-state index is 0.00715. The standard InChI is InChI=1S/C27H28N6/c1-29-26(18-8-4-3-5-9-18)32-27(30-2)19-10-6-11-21(16-19)33-23-14-13-20(28)17-22(23)25-24(33)12-7-15-31-25/h3-17,26-27,29-30,32H,28H2,1-2H3. The average molecular weight is 437 g/mol. The molecule has 0 aliphatic heterocycles. The number of anilines is 1. The van der Waals surface area contributed by atoms with Crippen molar-refractivity contribution in [1.29, 1.82) is 0 Å². The highest BCUT2D eigenvalue weighted by molar-refractivity contribution is 6.07. The van der Waals surface area contributed by atoms with Crippen LogP contribution in [0.1, 0.15) is 23.5 Å². The first-order valence-corrected chi connectivity index (χ1v) is 11.1. The van der Waals surface area contributed by atoms with Gasteiger partial charge in [0.2, 0.25) is 0 Å². The molecule has 0 amide bonds. The van der Waals surface area contributed by atoms with Crippen molar-refractivity contribution < 1.29 is 0 Å². The number of aromatic nitrogens is 2. The molecule has 5 rings (SSSR count).